The summed E-state index contributed by atoms with van der Waals surface area (Å²) in [4.78, 5) is 19.6. The number of alkyl halides is 2. The molecule has 1 aliphatic carbocycles. The molecule has 130 valence electrons. The van der Waals surface area contributed by atoms with E-state index in [0.29, 0.717) is 22.8 Å². The molecule has 2 heterocycles. The Kier molecular flexibility index (Phi) is 3.67. The molecular formula is C18H18F2N4O. The molecule has 0 amide bonds. The highest BCUT2D eigenvalue weighted by molar-refractivity contribution is 5.78. The van der Waals surface area contributed by atoms with Crippen molar-refractivity contribution in [2.24, 2.45) is 0 Å². The molecule has 1 aromatic carbocycles. The average Bonchev–Trinajstić information content (AvgIpc) is 3.35. The minimum Gasteiger partial charge on any atom is -0.310 e. The number of fused-ring (bicyclic) bond motifs is 1. The summed E-state index contributed by atoms with van der Waals surface area (Å²) in [7, 11) is 0. The molecule has 1 saturated carbocycles. The Labute approximate surface area is 142 Å². The summed E-state index contributed by atoms with van der Waals surface area (Å²) in [5.41, 5.74) is 2.01. The fraction of sp³-hybridized carbons (Fsp3) is 0.389. The first-order valence-electron chi connectivity index (χ1n) is 8.32. The van der Waals surface area contributed by atoms with Gasteiger partial charge in [0.25, 0.3) is 12.0 Å². The van der Waals surface area contributed by atoms with Crippen LogP contribution in [0.25, 0.3) is 11.0 Å². The molecule has 0 bridgehead atoms. The highest BCUT2D eigenvalue weighted by Crippen LogP contribution is 2.42. The van der Waals surface area contributed by atoms with Crippen LogP contribution in [0.3, 0.4) is 0 Å². The molecular weight excluding hydrogens is 326 g/mol. The van der Waals surface area contributed by atoms with E-state index in [9.17, 15) is 13.6 Å². The second-order valence-corrected chi connectivity index (χ2v) is 6.60. The largest absolute Gasteiger partial charge is 0.310 e. The lowest BCUT2D eigenvalue weighted by molar-refractivity contribution is 0.151. The standard InChI is InChI=1S/C18H18F2N4O/c1-9(11-3-7-13(8-4-11)16(19)20)24-17-14(15(23-24)12-5-6-12)18(25)22-10(2)21-17/h3-4,7-9,12,16H,5-6H2,1-2H3,(H,21,22,25). The van der Waals surface area contributed by atoms with E-state index < -0.39 is 6.43 Å². The summed E-state index contributed by atoms with van der Waals surface area (Å²) in [5.74, 6) is 0.837. The van der Waals surface area contributed by atoms with Crippen LogP contribution in [0.15, 0.2) is 29.1 Å². The zero-order valence-electron chi connectivity index (χ0n) is 14.0. The topological polar surface area (TPSA) is 63.6 Å². The monoisotopic (exact) mass is 344 g/mol. The van der Waals surface area contributed by atoms with Crippen molar-refractivity contribution in [2.45, 2.75) is 45.1 Å². The summed E-state index contributed by atoms with van der Waals surface area (Å²) in [6, 6.07) is 5.99. The third-order valence-electron chi connectivity index (χ3n) is 4.71. The number of aromatic amines is 1. The number of nitrogens with one attached hydrogen (secondary N) is 1. The smallest absolute Gasteiger partial charge is 0.263 e. The van der Waals surface area contributed by atoms with Crippen LogP contribution in [0.2, 0.25) is 0 Å². The number of H-pyrrole nitrogens is 1. The number of nitrogens with zero attached hydrogens (tertiary/aromatic N) is 3. The van der Waals surface area contributed by atoms with Crippen LogP contribution >= 0.6 is 0 Å². The van der Waals surface area contributed by atoms with Crippen LogP contribution in [-0.2, 0) is 0 Å². The van der Waals surface area contributed by atoms with Gasteiger partial charge in [-0.15, -0.1) is 0 Å². The lowest BCUT2D eigenvalue weighted by atomic mass is 10.1. The fourth-order valence-electron chi connectivity index (χ4n) is 3.15. The van der Waals surface area contributed by atoms with Crippen LogP contribution < -0.4 is 5.56 Å². The van der Waals surface area contributed by atoms with E-state index in [1.165, 1.54) is 12.1 Å². The molecule has 1 fully saturated rings. The molecule has 7 heteroatoms. The minimum atomic E-state index is -2.49. The number of halogens is 2. The maximum atomic E-state index is 12.8. The lowest BCUT2D eigenvalue weighted by Gasteiger charge is -2.14. The fourth-order valence-corrected chi connectivity index (χ4v) is 3.15. The summed E-state index contributed by atoms with van der Waals surface area (Å²) < 4.78 is 27.2. The van der Waals surface area contributed by atoms with Gasteiger partial charge in [-0.1, -0.05) is 24.3 Å². The summed E-state index contributed by atoms with van der Waals surface area (Å²) in [6.45, 7) is 3.66. The van der Waals surface area contributed by atoms with Gasteiger partial charge in [0.15, 0.2) is 5.65 Å². The lowest BCUT2D eigenvalue weighted by Crippen LogP contribution is -2.13. The predicted molar refractivity (Wildman–Crippen MR) is 90.1 cm³/mol. The molecule has 1 N–H and O–H groups in total. The van der Waals surface area contributed by atoms with Gasteiger partial charge >= 0.3 is 0 Å². The molecule has 25 heavy (non-hydrogen) atoms. The van der Waals surface area contributed by atoms with E-state index in [0.717, 1.165) is 24.1 Å². The maximum Gasteiger partial charge on any atom is 0.263 e. The summed E-state index contributed by atoms with van der Waals surface area (Å²) >= 11 is 0. The number of hydrogen-bond acceptors (Lipinski definition) is 3. The SMILES string of the molecule is Cc1nc2c(c(C3CC3)nn2C(C)c2ccc(C(F)F)cc2)c(=O)[nH]1. The van der Waals surface area contributed by atoms with Gasteiger partial charge in [-0.3, -0.25) is 4.79 Å². The van der Waals surface area contributed by atoms with Gasteiger partial charge in [-0.2, -0.15) is 5.10 Å². The van der Waals surface area contributed by atoms with Crippen molar-refractivity contribution in [3.05, 3.63) is 57.3 Å². The van der Waals surface area contributed by atoms with Crippen LogP contribution in [-0.4, -0.2) is 19.7 Å². The quantitative estimate of drug-likeness (QED) is 0.782. The van der Waals surface area contributed by atoms with Crippen molar-refractivity contribution < 1.29 is 8.78 Å². The van der Waals surface area contributed by atoms with Crippen molar-refractivity contribution in [3.63, 3.8) is 0 Å². The van der Waals surface area contributed by atoms with Gasteiger partial charge in [-0.25, -0.2) is 18.4 Å². The van der Waals surface area contributed by atoms with Gasteiger partial charge in [0.2, 0.25) is 0 Å². The number of hydrogen-bond donors (Lipinski definition) is 1. The average molecular weight is 344 g/mol. The Hall–Kier alpha value is -2.57. The van der Waals surface area contributed by atoms with E-state index in [1.54, 1.807) is 23.7 Å². The molecule has 5 nitrogen and oxygen atoms in total. The third-order valence-corrected chi connectivity index (χ3v) is 4.71. The Morgan fingerprint density at radius 1 is 1.20 bits per heavy atom. The summed E-state index contributed by atoms with van der Waals surface area (Å²) in [5, 5.41) is 5.22. The molecule has 1 aliphatic rings. The zero-order chi connectivity index (χ0) is 17.7. The molecule has 3 aromatic rings. The molecule has 1 unspecified atom stereocenters. The molecule has 0 radical (unpaired) electrons. The highest BCUT2D eigenvalue weighted by atomic mass is 19.3. The number of aryl methyl sites for hydroxylation is 1. The number of aromatic nitrogens is 4. The van der Waals surface area contributed by atoms with Gasteiger partial charge in [0, 0.05) is 11.5 Å². The molecule has 4 rings (SSSR count). The first-order chi connectivity index (χ1) is 12.0. The third kappa shape index (κ3) is 2.73. The second-order valence-electron chi connectivity index (χ2n) is 6.60. The van der Waals surface area contributed by atoms with Crippen LogP contribution in [0.4, 0.5) is 8.78 Å². The van der Waals surface area contributed by atoms with Crippen LogP contribution in [0, 0.1) is 6.92 Å². The Balaban J connectivity index is 1.84. The van der Waals surface area contributed by atoms with Gasteiger partial charge in [-0.05, 0) is 32.3 Å². The Bertz CT molecular complexity index is 987. The maximum absolute atomic E-state index is 12.8. The first-order valence-corrected chi connectivity index (χ1v) is 8.32. The van der Waals surface area contributed by atoms with E-state index in [1.807, 2.05) is 6.92 Å². The second kappa shape index (κ2) is 5.75. The number of rotatable bonds is 4. The normalized spacial score (nSPS) is 15.9. The van der Waals surface area contributed by atoms with Crippen molar-refractivity contribution in [1.29, 1.82) is 0 Å². The highest BCUT2D eigenvalue weighted by Gasteiger charge is 2.32. The van der Waals surface area contributed by atoms with Crippen LogP contribution in [0.5, 0.6) is 0 Å². The van der Waals surface area contributed by atoms with E-state index in [-0.39, 0.29) is 17.2 Å². The first kappa shape index (κ1) is 15.9. The molecule has 0 aliphatic heterocycles. The Morgan fingerprint density at radius 3 is 2.44 bits per heavy atom. The van der Waals surface area contributed by atoms with Crippen molar-refractivity contribution in [2.75, 3.05) is 0 Å². The molecule has 0 spiro atoms. The van der Waals surface area contributed by atoms with Gasteiger partial charge in [0.1, 0.15) is 11.2 Å². The Morgan fingerprint density at radius 2 is 1.84 bits per heavy atom. The van der Waals surface area contributed by atoms with Crippen molar-refractivity contribution >= 4 is 11.0 Å². The molecule has 2 aromatic heterocycles. The van der Waals surface area contributed by atoms with E-state index in [4.69, 9.17) is 0 Å². The zero-order valence-corrected chi connectivity index (χ0v) is 14.0. The van der Waals surface area contributed by atoms with Gasteiger partial charge in [0.05, 0.1) is 11.7 Å². The van der Waals surface area contributed by atoms with E-state index in [2.05, 4.69) is 15.1 Å². The number of benzene rings is 1. The predicted octanol–water partition coefficient (Wildman–Crippen LogP) is 3.85. The van der Waals surface area contributed by atoms with Crippen molar-refractivity contribution in [3.8, 4) is 0 Å². The minimum absolute atomic E-state index is 0.00893. The molecule has 0 saturated heterocycles. The van der Waals surface area contributed by atoms with Gasteiger partial charge < -0.3 is 4.98 Å². The van der Waals surface area contributed by atoms with Crippen LogP contribution in [0.1, 0.15) is 60.8 Å². The summed E-state index contributed by atoms with van der Waals surface area (Å²) in [6.07, 6.45) is -0.437. The molecule has 1 atom stereocenters. The van der Waals surface area contributed by atoms with Crippen molar-refractivity contribution in [1.82, 2.24) is 19.7 Å². The van der Waals surface area contributed by atoms with E-state index >= 15 is 0 Å².